The summed E-state index contributed by atoms with van der Waals surface area (Å²) < 4.78 is 25.1. The average Bonchev–Trinajstić information content (AvgIpc) is 2.98. The van der Waals surface area contributed by atoms with E-state index in [2.05, 4.69) is 4.98 Å². The van der Waals surface area contributed by atoms with Crippen LogP contribution in [0, 0.1) is 12.3 Å². The maximum Gasteiger partial charge on any atom is 0.230 e. The van der Waals surface area contributed by atoms with Gasteiger partial charge in [0.15, 0.2) is 0 Å². The fourth-order valence-corrected chi connectivity index (χ4v) is 5.02. The molecule has 0 radical (unpaired) electrons. The molecule has 0 N–H and O–H groups in total. The van der Waals surface area contributed by atoms with E-state index in [1.807, 2.05) is 17.2 Å². The molecule has 3 heterocycles. The van der Waals surface area contributed by atoms with Gasteiger partial charge in [-0.1, -0.05) is 0 Å². The molecule has 3 rings (SSSR count). The minimum absolute atomic E-state index is 0.0894. The predicted octanol–water partition coefficient (Wildman–Crippen LogP) is 1.23. The topological polar surface area (TPSA) is 70.6 Å². The zero-order chi connectivity index (χ0) is 16.0. The van der Waals surface area contributed by atoms with Crippen molar-refractivity contribution >= 4 is 27.3 Å². The number of aryl methyl sites for hydroxylation is 1. The van der Waals surface area contributed by atoms with Gasteiger partial charge < -0.3 is 4.90 Å². The van der Waals surface area contributed by atoms with Crippen molar-refractivity contribution < 1.29 is 13.2 Å². The summed E-state index contributed by atoms with van der Waals surface area (Å²) in [5.41, 5.74) is 0.399. The number of carbonyl (C=O) groups is 1. The van der Waals surface area contributed by atoms with Crippen molar-refractivity contribution in [2.45, 2.75) is 32.7 Å². The number of piperidine rings is 1. The largest absolute Gasteiger partial charge is 0.336 e. The van der Waals surface area contributed by atoms with Gasteiger partial charge in [0.2, 0.25) is 15.9 Å². The number of hydrogen-bond acceptors (Lipinski definition) is 5. The molecular formula is C14H21N3O3S2. The first-order chi connectivity index (χ1) is 10.3. The van der Waals surface area contributed by atoms with Crippen LogP contribution in [0.15, 0.2) is 5.38 Å². The van der Waals surface area contributed by atoms with Crippen LogP contribution in [0.5, 0.6) is 0 Å². The second-order valence-corrected chi connectivity index (χ2v) is 9.36. The maximum atomic E-state index is 12.8. The van der Waals surface area contributed by atoms with Crippen LogP contribution in [0.4, 0.5) is 0 Å². The van der Waals surface area contributed by atoms with Crippen LogP contribution in [-0.4, -0.2) is 54.4 Å². The highest BCUT2D eigenvalue weighted by Gasteiger charge is 2.50. The Morgan fingerprint density at radius 2 is 2.14 bits per heavy atom. The number of hydrogen-bond donors (Lipinski definition) is 0. The first kappa shape index (κ1) is 15.9. The Labute approximate surface area is 135 Å². The summed E-state index contributed by atoms with van der Waals surface area (Å²) >= 11 is 1.58. The molecule has 2 saturated heterocycles. The standard InChI is InChI=1S/C14H21N3O3S2/c1-11-15-12(9-21-11)8-16-7-5-14(13(16)18)4-3-6-17(10-14)22(2,19)20/h9H,3-8,10H2,1-2H3/t14-/m1/s1. The summed E-state index contributed by atoms with van der Waals surface area (Å²) in [7, 11) is -3.23. The molecular weight excluding hydrogens is 322 g/mol. The number of aromatic nitrogens is 1. The van der Waals surface area contributed by atoms with Gasteiger partial charge in [-0.3, -0.25) is 4.79 Å². The Bertz CT molecular complexity index is 685. The van der Waals surface area contributed by atoms with E-state index in [1.165, 1.54) is 10.6 Å². The lowest BCUT2D eigenvalue weighted by molar-refractivity contribution is -0.138. The Morgan fingerprint density at radius 1 is 1.36 bits per heavy atom. The lowest BCUT2D eigenvalue weighted by atomic mass is 9.79. The van der Waals surface area contributed by atoms with Crippen LogP contribution < -0.4 is 0 Å². The van der Waals surface area contributed by atoms with E-state index in [1.54, 1.807) is 11.3 Å². The van der Waals surface area contributed by atoms with Gasteiger partial charge >= 0.3 is 0 Å². The van der Waals surface area contributed by atoms with Crippen LogP contribution in [0.2, 0.25) is 0 Å². The van der Waals surface area contributed by atoms with E-state index in [0.29, 0.717) is 26.2 Å². The Morgan fingerprint density at radius 3 is 2.77 bits per heavy atom. The van der Waals surface area contributed by atoms with Crippen LogP contribution in [0.1, 0.15) is 30.0 Å². The van der Waals surface area contributed by atoms with E-state index in [9.17, 15) is 13.2 Å². The minimum Gasteiger partial charge on any atom is -0.336 e. The molecule has 0 aromatic carbocycles. The van der Waals surface area contributed by atoms with E-state index < -0.39 is 15.4 Å². The number of amides is 1. The molecule has 122 valence electrons. The van der Waals surface area contributed by atoms with Crippen molar-refractivity contribution in [2.75, 3.05) is 25.9 Å². The second-order valence-electron chi connectivity index (χ2n) is 6.31. The molecule has 22 heavy (non-hydrogen) atoms. The van der Waals surface area contributed by atoms with E-state index in [0.717, 1.165) is 30.0 Å². The molecule has 1 spiro atoms. The van der Waals surface area contributed by atoms with Gasteiger partial charge in [-0.2, -0.15) is 0 Å². The molecule has 6 nitrogen and oxygen atoms in total. The molecule has 0 bridgehead atoms. The molecule has 0 saturated carbocycles. The van der Waals surface area contributed by atoms with Gasteiger partial charge in [-0.15, -0.1) is 11.3 Å². The first-order valence-electron chi connectivity index (χ1n) is 7.46. The highest BCUT2D eigenvalue weighted by Crippen LogP contribution is 2.41. The van der Waals surface area contributed by atoms with Crippen LogP contribution in [0.25, 0.3) is 0 Å². The molecule has 1 aromatic heterocycles. The van der Waals surface area contributed by atoms with Crippen LogP contribution in [-0.2, 0) is 21.4 Å². The van der Waals surface area contributed by atoms with Gasteiger partial charge in [0.05, 0.1) is 28.9 Å². The summed E-state index contributed by atoms with van der Waals surface area (Å²) in [5, 5.41) is 2.98. The first-order valence-corrected chi connectivity index (χ1v) is 10.2. The Hall–Kier alpha value is -0.990. The summed E-state index contributed by atoms with van der Waals surface area (Å²) in [6, 6.07) is 0. The molecule has 1 atom stereocenters. The number of likely N-dealkylation sites (tertiary alicyclic amines) is 1. The summed E-state index contributed by atoms with van der Waals surface area (Å²) in [5.74, 6) is 0.0894. The molecule has 2 fully saturated rings. The quantitative estimate of drug-likeness (QED) is 0.827. The van der Waals surface area contributed by atoms with Gasteiger partial charge in [0, 0.05) is 25.0 Å². The normalized spacial score (nSPS) is 27.0. The monoisotopic (exact) mass is 343 g/mol. The third-order valence-corrected chi connectivity index (χ3v) is 6.70. The fraction of sp³-hybridized carbons (Fsp3) is 0.714. The smallest absolute Gasteiger partial charge is 0.230 e. The number of rotatable bonds is 3. The SMILES string of the molecule is Cc1nc(CN2CC[C@@]3(CCCN(S(C)(=O)=O)C3)C2=O)cs1. The van der Waals surface area contributed by atoms with Gasteiger partial charge in [0.1, 0.15) is 0 Å². The second kappa shape index (κ2) is 5.58. The number of nitrogens with zero attached hydrogens (tertiary/aromatic N) is 3. The number of thiazole rings is 1. The average molecular weight is 343 g/mol. The fourth-order valence-electron chi connectivity index (χ4n) is 3.47. The highest BCUT2D eigenvalue weighted by atomic mass is 32.2. The molecule has 1 aromatic rings. The summed E-state index contributed by atoms with van der Waals surface area (Å²) in [4.78, 5) is 19.1. The summed E-state index contributed by atoms with van der Waals surface area (Å²) in [6.07, 6.45) is 3.50. The maximum absolute atomic E-state index is 12.8. The van der Waals surface area contributed by atoms with E-state index >= 15 is 0 Å². The predicted molar refractivity (Wildman–Crippen MR) is 85.0 cm³/mol. The molecule has 8 heteroatoms. The van der Waals surface area contributed by atoms with Crippen molar-refractivity contribution in [2.24, 2.45) is 5.41 Å². The number of carbonyl (C=O) groups excluding carboxylic acids is 1. The zero-order valence-electron chi connectivity index (χ0n) is 12.9. The van der Waals surface area contributed by atoms with Crippen molar-refractivity contribution in [3.05, 3.63) is 16.1 Å². The summed E-state index contributed by atoms with van der Waals surface area (Å²) in [6.45, 7) is 4.03. The molecule has 2 aliphatic rings. The van der Waals surface area contributed by atoms with Crippen molar-refractivity contribution in [3.8, 4) is 0 Å². The third-order valence-electron chi connectivity index (χ3n) is 4.63. The van der Waals surface area contributed by atoms with E-state index in [-0.39, 0.29) is 5.91 Å². The van der Waals surface area contributed by atoms with Gasteiger partial charge in [-0.05, 0) is 26.2 Å². The van der Waals surface area contributed by atoms with Crippen molar-refractivity contribution in [1.29, 1.82) is 0 Å². The Balaban J connectivity index is 1.74. The molecule has 2 aliphatic heterocycles. The number of sulfonamides is 1. The highest BCUT2D eigenvalue weighted by molar-refractivity contribution is 7.88. The van der Waals surface area contributed by atoms with Crippen molar-refractivity contribution in [1.82, 2.24) is 14.2 Å². The van der Waals surface area contributed by atoms with Crippen molar-refractivity contribution in [3.63, 3.8) is 0 Å². The molecule has 1 amide bonds. The Kier molecular flexibility index (Phi) is 4.03. The van der Waals surface area contributed by atoms with Crippen LogP contribution >= 0.6 is 11.3 Å². The lowest BCUT2D eigenvalue weighted by Crippen LogP contribution is -2.49. The van der Waals surface area contributed by atoms with Crippen LogP contribution in [0.3, 0.4) is 0 Å². The minimum atomic E-state index is -3.23. The zero-order valence-corrected chi connectivity index (χ0v) is 14.5. The van der Waals surface area contributed by atoms with Gasteiger partial charge in [-0.25, -0.2) is 17.7 Å². The lowest BCUT2D eigenvalue weighted by Gasteiger charge is -2.37. The van der Waals surface area contributed by atoms with E-state index in [4.69, 9.17) is 0 Å². The third kappa shape index (κ3) is 2.91. The molecule has 0 unspecified atom stereocenters. The molecule has 0 aliphatic carbocycles. The van der Waals surface area contributed by atoms with Gasteiger partial charge in [0.25, 0.3) is 0 Å².